The van der Waals surface area contributed by atoms with Crippen molar-refractivity contribution in [3.63, 3.8) is 0 Å². The molecule has 24 heavy (non-hydrogen) atoms. The molecular formula is C19H16N2OS2. The summed E-state index contributed by atoms with van der Waals surface area (Å²) in [6.07, 6.45) is 0. The smallest absolute Gasteiger partial charge is 0.261 e. The van der Waals surface area contributed by atoms with Crippen molar-refractivity contribution in [2.75, 3.05) is 0 Å². The number of carbonyl (C=O) groups is 1. The van der Waals surface area contributed by atoms with E-state index >= 15 is 0 Å². The van der Waals surface area contributed by atoms with Crippen LogP contribution in [0.25, 0.3) is 15.9 Å². The van der Waals surface area contributed by atoms with Crippen LogP contribution in [-0.4, -0.2) is 10.5 Å². The molecule has 0 bridgehead atoms. The van der Waals surface area contributed by atoms with E-state index in [0.29, 0.717) is 6.54 Å². The number of para-hydroxylation sites is 1. The van der Waals surface area contributed by atoms with Gasteiger partial charge in [-0.2, -0.15) is 0 Å². The van der Waals surface area contributed by atoms with Gasteiger partial charge < -0.3 is 9.88 Å². The molecule has 0 aliphatic carbocycles. The largest absolute Gasteiger partial charge is 0.346 e. The second-order valence-electron chi connectivity index (χ2n) is 5.58. The maximum atomic E-state index is 12.4. The molecule has 0 aliphatic rings. The van der Waals surface area contributed by atoms with Crippen LogP contribution in [0.3, 0.4) is 0 Å². The predicted molar refractivity (Wildman–Crippen MR) is 101 cm³/mol. The monoisotopic (exact) mass is 352 g/mol. The van der Waals surface area contributed by atoms with E-state index in [2.05, 4.69) is 35.0 Å². The molecule has 3 aromatic heterocycles. The van der Waals surface area contributed by atoms with Crippen molar-refractivity contribution < 1.29 is 4.79 Å². The molecule has 5 heteroatoms. The van der Waals surface area contributed by atoms with Crippen LogP contribution < -0.4 is 5.32 Å². The van der Waals surface area contributed by atoms with Crippen LogP contribution in [0.5, 0.6) is 0 Å². The summed E-state index contributed by atoms with van der Waals surface area (Å²) >= 11 is 3.17. The fourth-order valence-electron chi connectivity index (χ4n) is 2.82. The van der Waals surface area contributed by atoms with Crippen molar-refractivity contribution in [2.45, 2.75) is 13.5 Å². The first-order valence-corrected chi connectivity index (χ1v) is 9.40. The maximum Gasteiger partial charge on any atom is 0.261 e. The minimum Gasteiger partial charge on any atom is -0.346 e. The Morgan fingerprint density at radius 3 is 2.83 bits per heavy atom. The Kier molecular flexibility index (Phi) is 3.96. The minimum atomic E-state index is -0.0197. The normalized spacial score (nSPS) is 11.0. The second-order valence-corrected chi connectivity index (χ2v) is 7.67. The van der Waals surface area contributed by atoms with Crippen LogP contribution in [0, 0.1) is 6.92 Å². The van der Waals surface area contributed by atoms with E-state index in [1.54, 1.807) is 11.3 Å². The zero-order valence-corrected chi connectivity index (χ0v) is 14.8. The molecule has 0 aliphatic heterocycles. The lowest BCUT2D eigenvalue weighted by atomic mass is 10.2. The number of rotatable bonds is 4. The summed E-state index contributed by atoms with van der Waals surface area (Å²) in [5, 5.41) is 7.28. The van der Waals surface area contributed by atoms with Crippen LogP contribution in [0.4, 0.5) is 0 Å². The predicted octanol–water partition coefficient (Wildman–Crippen LogP) is 4.99. The van der Waals surface area contributed by atoms with Crippen molar-refractivity contribution in [1.29, 1.82) is 0 Å². The Hall–Kier alpha value is -2.37. The molecule has 1 aromatic carbocycles. The molecule has 1 N–H and O–H groups in total. The van der Waals surface area contributed by atoms with Crippen molar-refractivity contribution in [3.05, 3.63) is 75.4 Å². The van der Waals surface area contributed by atoms with Gasteiger partial charge in [0.25, 0.3) is 5.91 Å². The highest BCUT2D eigenvalue weighted by molar-refractivity contribution is 7.16. The lowest BCUT2D eigenvalue weighted by Gasteiger charge is -2.05. The summed E-state index contributed by atoms with van der Waals surface area (Å²) < 4.78 is 2.20. The minimum absolute atomic E-state index is 0.0197. The molecule has 0 atom stereocenters. The summed E-state index contributed by atoms with van der Waals surface area (Å²) in [6.45, 7) is 2.67. The summed E-state index contributed by atoms with van der Waals surface area (Å²) in [4.78, 5) is 14.3. The average molecular weight is 352 g/mol. The van der Waals surface area contributed by atoms with E-state index in [1.807, 2.05) is 41.8 Å². The first-order valence-electron chi connectivity index (χ1n) is 7.70. The highest BCUT2D eigenvalue weighted by atomic mass is 32.1. The molecule has 0 radical (unpaired) electrons. The number of nitrogens with one attached hydrogen (secondary N) is 1. The van der Waals surface area contributed by atoms with Crippen molar-refractivity contribution in [1.82, 2.24) is 9.88 Å². The highest BCUT2D eigenvalue weighted by Crippen LogP contribution is 2.28. The van der Waals surface area contributed by atoms with Gasteiger partial charge in [0, 0.05) is 16.0 Å². The van der Waals surface area contributed by atoms with Gasteiger partial charge in [-0.1, -0.05) is 24.3 Å². The Labute approximate surface area is 148 Å². The van der Waals surface area contributed by atoms with E-state index in [1.165, 1.54) is 27.9 Å². The molecule has 0 spiro atoms. The third kappa shape index (κ3) is 2.77. The number of benzene rings is 1. The number of hydrogen-bond donors (Lipinski definition) is 1. The summed E-state index contributed by atoms with van der Waals surface area (Å²) in [5.41, 5.74) is 2.34. The number of amides is 1. The highest BCUT2D eigenvalue weighted by Gasteiger charge is 2.13. The Morgan fingerprint density at radius 1 is 1.12 bits per heavy atom. The van der Waals surface area contributed by atoms with E-state index < -0.39 is 0 Å². The van der Waals surface area contributed by atoms with Gasteiger partial charge in [-0.25, -0.2) is 0 Å². The van der Waals surface area contributed by atoms with Gasteiger partial charge in [0.2, 0.25) is 0 Å². The third-order valence-electron chi connectivity index (χ3n) is 3.93. The zero-order chi connectivity index (χ0) is 16.5. The lowest BCUT2D eigenvalue weighted by molar-refractivity contribution is 0.0955. The quantitative estimate of drug-likeness (QED) is 0.551. The van der Waals surface area contributed by atoms with Gasteiger partial charge in [0.05, 0.1) is 16.9 Å². The van der Waals surface area contributed by atoms with Crippen LogP contribution in [-0.2, 0) is 6.54 Å². The Morgan fingerprint density at radius 2 is 2.00 bits per heavy atom. The van der Waals surface area contributed by atoms with Gasteiger partial charge in [0.15, 0.2) is 0 Å². The van der Waals surface area contributed by atoms with E-state index in [-0.39, 0.29) is 5.91 Å². The number of carbonyl (C=O) groups excluding carboxylic acids is 1. The average Bonchev–Trinajstić information content (AvgIpc) is 3.31. The van der Waals surface area contributed by atoms with Gasteiger partial charge in [0.1, 0.15) is 5.00 Å². The molecule has 3 nitrogen and oxygen atoms in total. The molecule has 1 amide bonds. The topological polar surface area (TPSA) is 34.0 Å². The van der Waals surface area contributed by atoms with Crippen LogP contribution >= 0.6 is 22.7 Å². The third-order valence-corrected chi connectivity index (χ3v) is 5.88. The van der Waals surface area contributed by atoms with Crippen molar-refractivity contribution in [3.8, 4) is 5.00 Å². The van der Waals surface area contributed by atoms with Crippen LogP contribution in [0.15, 0.2) is 60.0 Å². The SMILES string of the molecule is Cc1cc2ccccc2n1-c1ccc(C(=O)NCc2cccs2)s1. The van der Waals surface area contributed by atoms with E-state index in [9.17, 15) is 4.79 Å². The van der Waals surface area contributed by atoms with Gasteiger partial charge in [-0.15, -0.1) is 22.7 Å². The number of fused-ring (bicyclic) bond motifs is 1. The summed E-state index contributed by atoms with van der Waals surface area (Å²) in [6, 6.07) is 18.4. The number of thiophene rings is 2. The standard InChI is InChI=1S/C19H16N2OS2/c1-13-11-14-5-2-3-7-16(14)21(13)18-9-8-17(24-18)19(22)20-12-15-6-4-10-23-15/h2-11H,12H2,1H3,(H,20,22). The molecule has 0 saturated heterocycles. The molecule has 0 unspecified atom stereocenters. The fraction of sp³-hybridized carbons (Fsp3) is 0.105. The van der Waals surface area contributed by atoms with Gasteiger partial charge >= 0.3 is 0 Å². The second kappa shape index (κ2) is 6.26. The molecule has 4 rings (SSSR count). The van der Waals surface area contributed by atoms with Crippen molar-refractivity contribution >= 4 is 39.5 Å². The fourth-order valence-corrected chi connectivity index (χ4v) is 4.46. The lowest BCUT2D eigenvalue weighted by Crippen LogP contribution is -2.21. The van der Waals surface area contributed by atoms with E-state index in [0.717, 1.165) is 14.8 Å². The van der Waals surface area contributed by atoms with Crippen LogP contribution in [0.2, 0.25) is 0 Å². The van der Waals surface area contributed by atoms with Gasteiger partial charge in [-0.3, -0.25) is 4.79 Å². The maximum absolute atomic E-state index is 12.4. The molecule has 3 heterocycles. The van der Waals surface area contributed by atoms with Crippen molar-refractivity contribution in [2.24, 2.45) is 0 Å². The van der Waals surface area contributed by atoms with E-state index in [4.69, 9.17) is 0 Å². The summed E-state index contributed by atoms with van der Waals surface area (Å²) in [5.74, 6) is -0.0197. The van der Waals surface area contributed by atoms with Gasteiger partial charge in [-0.05, 0) is 42.6 Å². The Bertz CT molecular complexity index is 996. The molecule has 0 fully saturated rings. The molecule has 0 saturated carbocycles. The summed E-state index contributed by atoms with van der Waals surface area (Å²) in [7, 11) is 0. The number of hydrogen-bond acceptors (Lipinski definition) is 3. The molecule has 120 valence electrons. The zero-order valence-electron chi connectivity index (χ0n) is 13.2. The number of aromatic nitrogens is 1. The van der Waals surface area contributed by atoms with Crippen LogP contribution in [0.1, 0.15) is 20.2 Å². The number of aryl methyl sites for hydroxylation is 1. The molecular weight excluding hydrogens is 336 g/mol. The Balaban J connectivity index is 1.60. The first kappa shape index (κ1) is 15.2. The number of nitrogens with zero attached hydrogens (tertiary/aromatic N) is 1. The first-order chi connectivity index (χ1) is 11.7. The molecule has 4 aromatic rings.